The molecule has 0 atom stereocenters. The Hall–Kier alpha value is -1.16. The first kappa shape index (κ1) is 9.92. The van der Waals surface area contributed by atoms with Gasteiger partial charge >= 0.3 is 0 Å². The summed E-state index contributed by atoms with van der Waals surface area (Å²) in [5, 5.41) is 11.0. The van der Waals surface area contributed by atoms with E-state index in [1.807, 2.05) is 11.6 Å². The first-order valence-electron chi connectivity index (χ1n) is 4.44. The smallest absolute Gasteiger partial charge is 0.146 e. The molecule has 72 valence electrons. The van der Waals surface area contributed by atoms with E-state index in [9.17, 15) is 0 Å². The minimum absolute atomic E-state index is 0.746. The fraction of sp³-hybridized carbons (Fsp3) is 0.556. The van der Waals surface area contributed by atoms with Crippen LogP contribution in [0.2, 0.25) is 0 Å². The van der Waals surface area contributed by atoms with Crippen molar-refractivity contribution in [1.82, 2.24) is 20.1 Å². The van der Waals surface area contributed by atoms with Crippen molar-refractivity contribution in [3.8, 4) is 0 Å². The van der Waals surface area contributed by atoms with Gasteiger partial charge in [0.15, 0.2) is 0 Å². The average molecular weight is 180 g/mol. The van der Waals surface area contributed by atoms with Crippen molar-refractivity contribution in [3.05, 3.63) is 24.3 Å². The summed E-state index contributed by atoms with van der Waals surface area (Å²) in [5.41, 5.74) is 1.21. The van der Waals surface area contributed by atoms with Gasteiger partial charge in [-0.25, -0.2) is 0 Å². The quantitative estimate of drug-likeness (QED) is 0.684. The number of nitrogens with one attached hydrogen (secondary N) is 1. The Bertz CT molecular complexity index is 277. The Morgan fingerprint density at radius 3 is 3.00 bits per heavy atom. The lowest BCUT2D eigenvalue weighted by Gasteiger charge is -2.04. The summed E-state index contributed by atoms with van der Waals surface area (Å²) >= 11 is 0. The third-order valence-electron chi connectivity index (χ3n) is 1.96. The van der Waals surface area contributed by atoms with Gasteiger partial charge in [0.2, 0.25) is 0 Å². The fourth-order valence-corrected chi connectivity index (χ4v) is 0.943. The maximum atomic E-state index is 3.96. The molecule has 4 heteroatoms. The van der Waals surface area contributed by atoms with Gasteiger partial charge in [-0.2, -0.15) is 0 Å². The van der Waals surface area contributed by atoms with E-state index in [2.05, 4.69) is 29.0 Å². The van der Waals surface area contributed by atoms with Crippen LogP contribution in [0.4, 0.5) is 0 Å². The van der Waals surface area contributed by atoms with E-state index in [1.54, 1.807) is 6.33 Å². The zero-order valence-corrected chi connectivity index (χ0v) is 8.25. The van der Waals surface area contributed by atoms with Gasteiger partial charge in [-0.3, -0.25) is 0 Å². The van der Waals surface area contributed by atoms with E-state index >= 15 is 0 Å². The number of nitrogens with zero attached hydrogens (tertiary/aromatic N) is 3. The van der Waals surface area contributed by atoms with Crippen LogP contribution < -0.4 is 5.32 Å². The molecule has 0 aliphatic heterocycles. The minimum Gasteiger partial charge on any atom is -0.320 e. The maximum absolute atomic E-state index is 3.96. The predicted molar refractivity (Wildman–Crippen MR) is 52.1 cm³/mol. The van der Waals surface area contributed by atoms with Gasteiger partial charge in [0.1, 0.15) is 12.2 Å². The van der Waals surface area contributed by atoms with E-state index in [0.717, 1.165) is 25.3 Å². The molecule has 1 N–H and O–H groups in total. The Morgan fingerprint density at radius 2 is 2.46 bits per heavy atom. The third-order valence-corrected chi connectivity index (χ3v) is 1.96. The first-order valence-corrected chi connectivity index (χ1v) is 4.44. The highest BCUT2D eigenvalue weighted by molar-refractivity contribution is 4.95. The van der Waals surface area contributed by atoms with E-state index < -0.39 is 0 Å². The van der Waals surface area contributed by atoms with Gasteiger partial charge in [-0.15, -0.1) is 10.2 Å². The lowest BCUT2D eigenvalue weighted by atomic mass is 10.2. The van der Waals surface area contributed by atoms with Crippen molar-refractivity contribution in [2.75, 3.05) is 6.54 Å². The molecule has 0 unspecified atom stereocenters. The summed E-state index contributed by atoms with van der Waals surface area (Å²) < 4.78 is 1.90. The van der Waals surface area contributed by atoms with Crippen LogP contribution in [-0.2, 0) is 13.6 Å². The van der Waals surface area contributed by atoms with Gasteiger partial charge in [-0.05, 0) is 6.42 Å². The van der Waals surface area contributed by atoms with E-state index in [-0.39, 0.29) is 0 Å². The number of hydrogen-bond acceptors (Lipinski definition) is 3. The summed E-state index contributed by atoms with van der Waals surface area (Å²) in [7, 11) is 1.94. The standard InChI is InChI=1S/C9H16N4/c1-4-8(2)5-10-6-9-12-11-7-13(9)3/h7,10H,2,4-6H2,1,3H3. The van der Waals surface area contributed by atoms with Crippen molar-refractivity contribution in [2.24, 2.45) is 7.05 Å². The molecule has 0 amide bonds. The van der Waals surface area contributed by atoms with Gasteiger partial charge < -0.3 is 9.88 Å². The molecule has 0 bridgehead atoms. The normalized spacial score (nSPS) is 10.3. The van der Waals surface area contributed by atoms with Crippen LogP contribution in [0.1, 0.15) is 19.2 Å². The summed E-state index contributed by atoms with van der Waals surface area (Å²) in [6, 6.07) is 0. The zero-order chi connectivity index (χ0) is 9.68. The highest BCUT2D eigenvalue weighted by atomic mass is 15.3. The van der Waals surface area contributed by atoms with Crippen LogP contribution in [-0.4, -0.2) is 21.3 Å². The van der Waals surface area contributed by atoms with Gasteiger partial charge in [0.25, 0.3) is 0 Å². The molecule has 0 aliphatic rings. The minimum atomic E-state index is 0.746. The molecule has 13 heavy (non-hydrogen) atoms. The number of hydrogen-bond donors (Lipinski definition) is 1. The molecule has 1 aromatic rings. The lowest BCUT2D eigenvalue weighted by Crippen LogP contribution is -2.18. The summed E-state index contributed by atoms with van der Waals surface area (Å²) in [6.07, 6.45) is 2.72. The molecular formula is C9H16N4. The van der Waals surface area contributed by atoms with Gasteiger partial charge in [0, 0.05) is 13.6 Å². The van der Waals surface area contributed by atoms with Crippen LogP contribution in [0.3, 0.4) is 0 Å². The largest absolute Gasteiger partial charge is 0.320 e. The molecule has 0 fully saturated rings. The van der Waals surface area contributed by atoms with E-state index in [4.69, 9.17) is 0 Å². The van der Waals surface area contributed by atoms with Crippen LogP contribution in [0.5, 0.6) is 0 Å². The Morgan fingerprint density at radius 1 is 1.69 bits per heavy atom. The molecule has 1 aromatic heterocycles. The molecule has 0 radical (unpaired) electrons. The highest BCUT2D eigenvalue weighted by Crippen LogP contribution is 1.95. The van der Waals surface area contributed by atoms with Crippen LogP contribution in [0.15, 0.2) is 18.5 Å². The molecule has 0 saturated carbocycles. The van der Waals surface area contributed by atoms with Gasteiger partial charge in [0.05, 0.1) is 6.54 Å². The second kappa shape index (κ2) is 4.77. The Balaban J connectivity index is 2.28. The first-order chi connectivity index (χ1) is 6.24. The van der Waals surface area contributed by atoms with Crippen molar-refractivity contribution in [3.63, 3.8) is 0 Å². The maximum Gasteiger partial charge on any atom is 0.146 e. The molecule has 0 aliphatic carbocycles. The average Bonchev–Trinajstić information content (AvgIpc) is 2.52. The topological polar surface area (TPSA) is 42.7 Å². The van der Waals surface area contributed by atoms with Crippen molar-refractivity contribution in [2.45, 2.75) is 19.9 Å². The SMILES string of the molecule is C=C(CC)CNCc1nncn1C. The van der Waals surface area contributed by atoms with Crippen LogP contribution in [0.25, 0.3) is 0 Å². The van der Waals surface area contributed by atoms with Gasteiger partial charge in [-0.1, -0.05) is 19.1 Å². The van der Waals surface area contributed by atoms with Crippen LogP contribution in [0, 0.1) is 0 Å². The number of rotatable bonds is 5. The predicted octanol–water partition coefficient (Wildman–Crippen LogP) is 0.871. The monoisotopic (exact) mass is 180 g/mol. The van der Waals surface area contributed by atoms with E-state index in [1.165, 1.54) is 5.57 Å². The molecule has 4 nitrogen and oxygen atoms in total. The van der Waals surface area contributed by atoms with Crippen molar-refractivity contribution < 1.29 is 0 Å². The van der Waals surface area contributed by atoms with Crippen molar-refractivity contribution >= 4 is 0 Å². The van der Waals surface area contributed by atoms with Crippen LogP contribution >= 0.6 is 0 Å². The molecule has 0 aromatic carbocycles. The highest BCUT2D eigenvalue weighted by Gasteiger charge is 1.98. The van der Waals surface area contributed by atoms with E-state index in [0.29, 0.717) is 0 Å². The molecular weight excluding hydrogens is 164 g/mol. The number of aryl methyl sites for hydroxylation is 1. The fourth-order valence-electron chi connectivity index (χ4n) is 0.943. The molecule has 0 spiro atoms. The summed E-state index contributed by atoms with van der Waals surface area (Å²) in [5.74, 6) is 0.948. The zero-order valence-electron chi connectivity index (χ0n) is 8.25. The Labute approximate surface area is 78.7 Å². The second-order valence-corrected chi connectivity index (χ2v) is 3.07. The lowest BCUT2D eigenvalue weighted by molar-refractivity contribution is 0.662. The number of aromatic nitrogens is 3. The second-order valence-electron chi connectivity index (χ2n) is 3.07. The molecule has 1 heterocycles. The third kappa shape index (κ3) is 2.99. The Kier molecular flexibility index (Phi) is 3.64. The molecule has 0 saturated heterocycles. The van der Waals surface area contributed by atoms with Crippen molar-refractivity contribution in [1.29, 1.82) is 0 Å². The summed E-state index contributed by atoms with van der Waals surface area (Å²) in [4.78, 5) is 0. The molecule has 1 rings (SSSR count). The summed E-state index contributed by atoms with van der Waals surface area (Å²) in [6.45, 7) is 7.61.